The summed E-state index contributed by atoms with van der Waals surface area (Å²) in [5.41, 5.74) is 2.99. The fourth-order valence-electron chi connectivity index (χ4n) is 2.26. The zero-order valence-corrected chi connectivity index (χ0v) is 13.9. The van der Waals surface area contributed by atoms with E-state index in [9.17, 15) is 9.18 Å². The zero-order valence-electron chi connectivity index (χ0n) is 13.9. The van der Waals surface area contributed by atoms with Crippen molar-refractivity contribution in [3.8, 4) is 5.75 Å². The Kier molecular flexibility index (Phi) is 5.37. The van der Waals surface area contributed by atoms with Crippen LogP contribution in [0.1, 0.15) is 36.6 Å². The van der Waals surface area contributed by atoms with Gasteiger partial charge < -0.3 is 10.1 Å². The lowest BCUT2D eigenvalue weighted by atomic mass is 10.1. The van der Waals surface area contributed by atoms with Crippen LogP contribution in [-0.4, -0.2) is 12.0 Å². The number of ether oxygens (including phenoxy) is 1. The molecule has 0 unspecified atom stereocenters. The molecule has 0 heterocycles. The van der Waals surface area contributed by atoms with Crippen LogP contribution >= 0.6 is 0 Å². The third-order valence-electron chi connectivity index (χ3n) is 3.96. The highest BCUT2D eigenvalue weighted by Gasteiger charge is 2.18. The van der Waals surface area contributed by atoms with Crippen molar-refractivity contribution in [2.45, 2.75) is 39.8 Å². The van der Waals surface area contributed by atoms with Gasteiger partial charge in [0.25, 0.3) is 5.91 Å². The van der Waals surface area contributed by atoms with Gasteiger partial charge in [-0.25, -0.2) is 4.39 Å². The standard InChI is InChI=1S/C19H22FNO2/c1-12-6-5-7-18(13(12)2)23-15(4)19(22)21-14(3)16-8-10-17(20)11-9-16/h5-11,14-15H,1-4H3,(H,21,22)/t14-,15+/m1/s1. The molecule has 122 valence electrons. The monoisotopic (exact) mass is 315 g/mol. The number of carbonyl (C=O) groups is 1. The van der Waals surface area contributed by atoms with Crippen LogP contribution in [0.5, 0.6) is 5.75 Å². The van der Waals surface area contributed by atoms with Gasteiger partial charge in [-0.2, -0.15) is 0 Å². The molecule has 0 fully saturated rings. The fourth-order valence-corrected chi connectivity index (χ4v) is 2.26. The Hall–Kier alpha value is -2.36. The van der Waals surface area contributed by atoms with Crippen molar-refractivity contribution in [1.29, 1.82) is 0 Å². The maximum atomic E-state index is 12.9. The van der Waals surface area contributed by atoms with E-state index in [4.69, 9.17) is 4.74 Å². The molecule has 0 aliphatic heterocycles. The molecule has 2 atom stereocenters. The first-order valence-electron chi connectivity index (χ1n) is 7.67. The first kappa shape index (κ1) is 17.0. The largest absolute Gasteiger partial charge is 0.481 e. The molecule has 2 aromatic rings. The van der Waals surface area contributed by atoms with E-state index in [1.165, 1.54) is 12.1 Å². The maximum absolute atomic E-state index is 12.9. The molecule has 0 aliphatic carbocycles. The van der Waals surface area contributed by atoms with Crippen molar-refractivity contribution in [2.75, 3.05) is 0 Å². The normalized spacial score (nSPS) is 13.3. The molecule has 1 amide bonds. The lowest BCUT2D eigenvalue weighted by Gasteiger charge is -2.20. The molecule has 2 aromatic carbocycles. The summed E-state index contributed by atoms with van der Waals surface area (Å²) >= 11 is 0. The molecule has 0 saturated heterocycles. The molecule has 0 radical (unpaired) electrons. The number of aryl methyl sites for hydroxylation is 1. The number of benzene rings is 2. The Morgan fingerprint density at radius 1 is 1.09 bits per heavy atom. The predicted molar refractivity (Wildman–Crippen MR) is 89.0 cm³/mol. The number of halogens is 1. The topological polar surface area (TPSA) is 38.3 Å². The number of hydrogen-bond acceptors (Lipinski definition) is 2. The summed E-state index contributed by atoms with van der Waals surface area (Å²) in [6, 6.07) is 11.6. The molecule has 2 rings (SSSR count). The average Bonchev–Trinajstić information content (AvgIpc) is 2.52. The van der Waals surface area contributed by atoms with Crippen LogP contribution in [-0.2, 0) is 4.79 Å². The minimum atomic E-state index is -0.613. The second kappa shape index (κ2) is 7.27. The van der Waals surface area contributed by atoms with Gasteiger partial charge in [0, 0.05) is 0 Å². The van der Waals surface area contributed by atoms with Crippen molar-refractivity contribution >= 4 is 5.91 Å². The second-order valence-corrected chi connectivity index (χ2v) is 5.74. The number of nitrogens with one attached hydrogen (secondary N) is 1. The van der Waals surface area contributed by atoms with Gasteiger partial charge in [-0.05, 0) is 62.6 Å². The third kappa shape index (κ3) is 4.31. The van der Waals surface area contributed by atoms with Gasteiger partial charge in [0.05, 0.1) is 6.04 Å². The van der Waals surface area contributed by atoms with Gasteiger partial charge in [0.1, 0.15) is 11.6 Å². The van der Waals surface area contributed by atoms with Crippen molar-refractivity contribution in [2.24, 2.45) is 0 Å². The van der Waals surface area contributed by atoms with Gasteiger partial charge in [-0.15, -0.1) is 0 Å². The SMILES string of the molecule is Cc1cccc(O[C@@H](C)C(=O)N[C@H](C)c2ccc(F)cc2)c1C. The Bertz CT molecular complexity index is 682. The van der Waals surface area contributed by atoms with Crippen LogP contribution in [0, 0.1) is 19.7 Å². The summed E-state index contributed by atoms with van der Waals surface area (Å²) in [5.74, 6) is 0.212. The van der Waals surface area contributed by atoms with Gasteiger partial charge in [0.2, 0.25) is 0 Å². The summed E-state index contributed by atoms with van der Waals surface area (Å²) in [7, 11) is 0. The Morgan fingerprint density at radius 3 is 2.39 bits per heavy atom. The second-order valence-electron chi connectivity index (χ2n) is 5.74. The van der Waals surface area contributed by atoms with Crippen LogP contribution in [0.15, 0.2) is 42.5 Å². The molecular formula is C19H22FNO2. The summed E-state index contributed by atoms with van der Waals surface area (Å²) in [6.07, 6.45) is -0.613. The molecule has 4 heteroatoms. The lowest BCUT2D eigenvalue weighted by molar-refractivity contribution is -0.127. The van der Waals surface area contributed by atoms with Gasteiger partial charge in [0.15, 0.2) is 6.10 Å². The highest BCUT2D eigenvalue weighted by atomic mass is 19.1. The average molecular weight is 315 g/mol. The lowest BCUT2D eigenvalue weighted by Crippen LogP contribution is -2.37. The van der Waals surface area contributed by atoms with Crippen molar-refractivity contribution in [1.82, 2.24) is 5.32 Å². The summed E-state index contributed by atoms with van der Waals surface area (Å²) in [6.45, 7) is 7.55. The number of hydrogen-bond donors (Lipinski definition) is 1. The minimum absolute atomic E-state index is 0.206. The number of carbonyl (C=O) groups excluding carboxylic acids is 1. The first-order chi connectivity index (χ1) is 10.9. The third-order valence-corrected chi connectivity index (χ3v) is 3.96. The predicted octanol–water partition coefficient (Wildman–Crippen LogP) is 4.09. The Labute approximate surface area is 136 Å². The van der Waals surface area contributed by atoms with Crippen LogP contribution < -0.4 is 10.1 Å². The summed E-state index contributed by atoms with van der Waals surface area (Å²) in [5, 5.41) is 2.88. The maximum Gasteiger partial charge on any atom is 0.261 e. The van der Waals surface area contributed by atoms with Crippen molar-refractivity contribution in [3.05, 3.63) is 65.0 Å². The van der Waals surface area contributed by atoms with Crippen LogP contribution in [0.2, 0.25) is 0 Å². The number of amides is 1. The molecule has 23 heavy (non-hydrogen) atoms. The molecular weight excluding hydrogens is 293 g/mol. The van der Waals surface area contributed by atoms with E-state index in [0.29, 0.717) is 5.75 Å². The van der Waals surface area contributed by atoms with Crippen LogP contribution in [0.25, 0.3) is 0 Å². The van der Waals surface area contributed by atoms with E-state index in [1.807, 2.05) is 39.0 Å². The van der Waals surface area contributed by atoms with E-state index in [-0.39, 0.29) is 17.8 Å². The molecule has 0 aliphatic rings. The Balaban J connectivity index is 1.99. The molecule has 0 spiro atoms. The quantitative estimate of drug-likeness (QED) is 0.902. The summed E-state index contributed by atoms with van der Waals surface area (Å²) < 4.78 is 18.7. The van der Waals surface area contributed by atoms with E-state index in [0.717, 1.165) is 16.7 Å². The highest BCUT2D eigenvalue weighted by Crippen LogP contribution is 2.22. The minimum Gasteiger partial charge on any atom is -0.481 e. The molecule has 0 saturated carbocycles. The molecule has 0 bridgehead atoms. The van der Waals surface area contributed by atoms with Crippen molar-refractivity contribution < 1.29 is 13.9 Å². The molecule has 1 N–H and O–H groups in total. The van der Waals surface area contributed by atoms with Gasteiger partial charge in [-0.3, -0.25) is 4.79 Å². The zero-order chi connectivity index (χ0) is 17.0. The van der Waals surface area contributed by atoms with Crippen LogP contribution in [0.4, 0.5) is 4.39 Å². The molecule has 3 nitrogen and oxygen atoms in total. The van der Waals surface area contributed by atoms with E-state index < -0.39 is 6.10 Å². The van der Waals surface area contributed by atoms with E-state index in [1.54, 1.807) is 19.1 Å². The van der Waals surface area contributed by atoms with Gasteiger partial charge in [-0.1, -0.05) is 24.3 Å². The summed E-state index contributed by atoms with van der Waals surface area (Å²) in [4.78, 5) is 12.3. The van der Waals surface area contributed by atoms with Crippen LogP contribution in [0.3, 0.4) is 0 Å². The van der Waals surface area contributed by atoms with E-state index >= 15 is 0 Å². The number of rotatable bonds is 5. The Morgan fingerprint density at radius 2 is 1.74 bits per heavy atom. The van der Waals surface area contributed by atoms with Gasteiger partial charge >= 0.3 is 0 Å². The van der Waals surface area contributed by atoms with Crippen molar-refractivity contribution in [3.63, 3.8) is 0 Å². The first-order valence-corrected chi connectivity index (χ1v) is 7.67. The molecule has 0 aromatic heterocycles. The fraction of sp³-hybridized carbons (Fsp3) is 0.316. The smallest absolute Gasteiger partial charge is 0.261 e. The highest BCUT2D eigenvalue weighted by molar-refractivity contribution is 5.81. The van der Waals surface area contributed by atoms with E-state index in [2.05, 4.69) is 5.32 Å².